The van der Waals surface area contributed by atoms with Gasteiger partial charge in [-0.1, -0.05) is 24.3 Å². The monoisotopic (exact) mass is 582 g/mol. The van der Waals surface area contributed by atoms with Gasteiger partial charge >= 0.3 is 12.1 Å². The second kappa shape index (κ2) is 12.2. The molecule has 0 radical (unpaired) electrons. The SMILES string of the molecule is Cc1oc(-c2ccc(CO)cc2)nc1CCOc1ccc(C[C@@H]2CN(c3nccc(C(F)(F)F)n3)C[C@@H]2C(=O)O)cc1. The Morgan fingerprint density at radius 2 is 1.76 bits per heavy atom. The van der Waals surface area contributed by atoms with Gasteiger partial charge < -0.3 is 24.3 Å². The molecule has 0 amide bonds. The fourth-order valence-electron chi connectivity index (χ4n) is 5.01. The summed E-state index contributed by atoms with van der Waals surface area (Å²) in [6, 6.07) is 15.4. The molecule has 2 aromatic carbocycles. The molecule has 1 saturated heterocycles. The molecule has 12 heteroatoms. The summed E-state index contributed by atoms with van der Waals surface area (Å²) in [4.78, 5) is 25.6. The lowest BCUT2D eigenvalue weighted by atomic mass is 9.90. The number of ether oxygens (including phenoxy) is 1. The van der Waals surface area contributed by atoms with Crippen molar-refractivity contribution < 1.29 is 37.3 Å². The van der Waals surface area contributed by atoms with Gasteiger partial charge in [-0.25, -0.2) is 15.0 Å². The Morgan fingerprint density at radius 1 is 1.05 bits per heavy atom. The van der Waals surface area contributed by atoms with Crippen LogP contribution in [0.5, 0.6) is 5.75 Å². The number of aliphatic hydroxyl groups is 1. The molecule has 2 N–H and O–H groups in total. The zero-order valence-corrected chi connectivity index (χ0v) is 22.7. The summed E-state index contributed by atoms with van der Waals surface area (Å²) in [7, 11) is 0. The van der Waals surface area contributed by atoms with Crippen LogP contribution in [0.3, 0.4) is 0 Å². The fourth-order valence-corrected chi connectivity index (χ4v) is 5.01. The summed E-state index contributed by atoms with van der Waals surface area (Å²) in [5.74, 6) is -0.413. The molecule has 2 aromatic heterocycles. The third-order valence-electron chi connectivity index (χ3n) is 7.28. The number of aliphatic hydroxyl groups excluding tert-OH is 1. The van der Waals surface area contributed by atoms with Gasteiger partial charge in [-0.05, 0) is 60.7 Å². The van der Waals surface area contributed by atoms with Crippen LogP contribution in [0.2, 0.25) is 0 Å². The zero-order chi connectivity index (χ0) is 29.9. The van der Waals surface area contributed by atoms with Crippen molar-refractivity contribution in [2.45, 2.75) is 32.5 Å². The quantitative estimate of drug-likeness (QED) is 0.267. The number of oxazole rings is 1. The highest BCUT2D eigenvalue weighted by Crippen LogP contribution is 2.32. The van der Waals surface area contributed by atoms with Crippen LogP contribution in [0.1, 0.15) is 28.3 Å². The Morgan fingerprint density at radius 3 is 2.43 bits per heavy atom. The zero-order valence-electron chi connectivity index (χ0n) is 22.7. The minimum Gasteiger partial charge on any atom is -0.493 e. The van der Waals surface area contributed by atoms with Crippen LogP contribution >= 0.6 is 0 Å². The standard InChI is InChI=1S/C30H29F3N4O5/c1-18-25(35-27(42-18)21-6-2-20(17-38)3-7-21)11-13-41-23-8-4-19(5-9-23)14-22-15-37(16-24(22)28(39)40)29-34-12-10-26(36-29)30(31,32)33/h2-10,12,22,24,38H,11,13-17H2,1H3,(H,39,40)/t22-,24+/m1/s1. The number of hydrogen-bond donors (Lipinski definition) is 2. The van der Waals surface area contributed by atoms with Gasteiger partial charge in [-0.3, -0.25) is 4.79 Å². The van der Waals surface area contributed by atoms with E-state index in [0.29, 0.717) is 36.8 Å². The van der Waals surface area contributed by atoms with Crippen LogP contribution in [-0.4, -0.2) is 50.8 Å². The largest absolute Gasteiger partial charge is 0.493 e. The van der Waals surface area contributed by atoms with Gasteiger partial charge in [0.1, 0.15) is 17.2 Å². The molecular formula is C30H29F3N4O5. The average molecular weight is 583 g/mol. The molecule has 1 aliphatic rings. The second-order valence-electron chi connectivity index (χ2n) is 10.2. The van der Waals surface area contributed by atoms with E-state index in [9.17, 15) is 28.2 Å². The molecule has 2 atom stereocenters. The predicted octanol–water partition coefficient (Wildman–Crippen LogP) is 4.95. The number of hydrogen-bond acceptors (Lipinski definition) is 8. The highest BCUT2D eigenvalue weighted by Gasteiger charge is 2.40. The highest BCUT2D eigenvalue weighted by molar-refractivity contribution is 5.72. The third-order valence-corrected chi connectivity index (χ3v) is 7.28. The Hall–Kier alpha value is -4.45. The van der Waals surface area contributed by atoms with Crippen LogP contribution in [0.25, 0.3) is 11.5 Å². The Bertz CT molecular complexity index is 1520. The number of benzene rings is 2. The summed E-state index contributed by atoms with van der Waals surface area (Å²) < 4.78 is 51.0. The van der Waals surface area contributed by atoms with Crippen molar-refractivity contribution in [1.82, 2.24) is 15.0 Å². The van der Waals surface area contributed by atoms with E-state index in [1.807, 2.05) is 43.3 Å². The van der Waals surface area contributed by atoms with E-state index in [-0.39, 0.29) is 31.6 Å². The number of carbonyl (C=O) groups is 1. The van der Waals surface area contributed by atoms with Gasteiger partial charge in [0, 0.05) is 31.3 Å². The van der Waals surface area contributed by atoms with Crippen LogP contribution in [0.4, 0.5) is 19.1 Å². The van der Waals surface area contributed by atoms with E-state index >= 15 is 0 Å². The molecule has 9 nitrogen and oxygen atoms in total. The molecule has 0 spiro atoms. The molecule has 5 rings (SSSR count). The van der Waals surface area contributed by atoms with E-state index in [1.54, 1.807) is 12.1 Å². The second-order valence-corrected chi connectivity index (χ2v) is 10.2. The Kier molecular flexibility index (Phi) is 8.44. The molecule has 4 aromatic rings. The highest BCUT2D eigenvalue weighted by atomic mass is 19.4. The first-order chi connectivity index (χ1) is 20.1. The number of halogens is 3. The lowest BCUT2D eigenvalue weighted by Crippen LogP contribution is -2.25. The topological polar surface area (TPSA) is 122 Å². The average Bonchev–Trinajstić information content (AvgIpc) is 3.57. The van der Waals surface area contributed by atoms with E-state index in [4.69, 9.17) is 9.15 Å². The summed E-state index contributed by atoms with van der Waals surface area (Å²) >= 11 is 0. The van der Waals surface area contributed by atoms with Gasteiger partial charge in [-0.15, -0.1) is 0 Å². The van der Waals surface area contributed by atoms with E-state index in [2.05, 4.69) is 15.0 Å². The van der Waals surface area contributed by atoms with Crippen LogP contribution in [0.15, 0.2) is 65.2 Å². The Labute approximate surface area is 239 Å². The number of aromatic nitrogens is 3. The normalized spacial score (nSPS) is 17.0. The van der Waals surface area contributed by atoms with E-state index < -0.39 is 23.8 Å². The first-order valence-corrected chi connectivity index (χ1v) is 13.4. The van der Waals surface area contributed by atoms with Gasteiger partial charge in [-0.2, -0.15) is 13.2 Å². The van der Waals surface area contributed by atoms with Gasteiger partial charge in [0.2, 0.25) is 11.8 Å². The maximum atomic E-state index is 13.1. The summed E-state index contributed by atoms with van der Waals surface area (Å²) in [5.41, 5.74) is 2.22. The van der Waals surface area contributed by atoms with E-state index in [0.717, 1.165) is 34.6 Å². The van der Waals surface area contributed by atoms with Crippen molar-refractivity contribution in [3.63, 3.8) is 0 Å². The number of aryl methyl sites for hydroxylation is 1. The van der Waals surface area contributed by atoms with Crippen LogP contribution < -0.4 is 9.64 Å². The number of anilines is 1. The number of carboxylic acids is 1. The van der Waals surface area contributed by atoms with Crippen molar-refractivity contribution in [3.05, 3.63) is 89.1 Å². The molecule has 0 unspecified atom stereocenters. The number of aliphatic carboxylic acids is 1. The molecule has 3 heterocycles. The molecule has 220 valence electrons. The predicted molar refractivity (Wildman–Crippen MR) is 146 cm³/mol. The Balaban J connectivity index is 1.17. The molecule has 0 bridgehead atoms. The van der Waals surface area contributed by atoms with Crippen molar-refractivity contribution in [1.29, 1.82) is 0 Å². The van der Waals surface area contributed by atoms with Gasteiger partial charge in [0.05, 0.1) is 24.8 Å². The summed E-state index contributed by atoms with van der Waals surface area (Å²) in [6.07, 6.45) is -2.63. The number of nitrogens with zero attached hydrogens (tertiary/aromatic N) is 4. The number of rotatable bonds is 10. The van der Waals surface area contributed by atoms with E-state index in [1.165, 1.54) is 4.90 Å². The summed E-state index contributed by atoms with van der Waals surface area (Å²) in [6.45, 7) is 2.43. The van der Waals surface area contributed by atoms with Crippen molar-refractivity contribution >= 4 is 11.9 Å². The van der Waals surface area contributed by atoms with Crippen molar-refractivity contribution in [2.24, 2.45) is 11.8 Å². The molecule has 42 heavy (non-hydrogen) atoms. The van der Waals surface area contributed by atoms with Crippen LogP contribution in [0, 0.1) is 18.8 Å². The fraction of sp³-hybridized carbons (Fsp3) is 0.333. The summed E-state index contributed by atoms with van der Waals surface area (Å²) in [5, 5.41) is 19.0. The van der Waals surface area contributed by atoms with Gasteiger partial charge in [0.15, 0.2) is 0 Å². The maximum absolute atomic E-state index is 13.1. The maximum Gasteiger partial charge on any atom is 0.433 e. The first kappa shape index (κ1) is 29.1. The molecule has 0 aliphatic carbocycles. The lowest BCUT2D eigenvalue weighted by molar-refractivity contribution is -0.142. The van der Waals surface area contributed by atoms with Crippen LogP contribution in [-0.2, 0) is 30.4 Å². The lowest BCUT2D eigenvalue weighted by Gasteiger charge is -2.17. The molecular weight excluding hydrogens is 553 g/mol. The number of carboxylic acid groups (broad SMARTS) is 1. The first-order valence-electron chi connectivity index (χ1n) is 13.4. The minimum atomic E-state index is -4.61. The minimum absolute atomic E-state index is 0.0274. The molecule has 1 fully saturated rings. The molecule has 0 saturated carbocycles. The molecule has 1 aliphatic heterocycles. The third kappa shape index (κ3) is 6.71. The van der Waals surface area contributed by atoms with Gasteiger partial charge in [0.25, 0.3) is 0 Å². The number of alkyl halides is 3. The smallest absolute Gasteiger partial charge is 0.433 e. The van der Waals surface area contributed by atoms with Crippen molar-refractivity contribution in [2.75, 3.05) is 24.6 Å². The van der Waals surface area contributed by atoms with Crippen molar-refractivity contribution in [3.8, 4) is 17.2 Å².